The fraction of sp³-hybridized carbons (Fsp3) is 0.391. The van der Waals surface area contributed by atoms with E-state index in [0.717, 1.165) is 35.5 Å². The highest BCUT2D eigenvalue weighted by atomic mass is 32.1. The first-order valence-corrected chi connectivity index (χ1v) is 11.1. The van der Waals surface area contributed by atoms with Crippen LogP contribution in [0, 0.1) is 0 Å². The van der Waals surface area contributed by atoms with E-state index in [2.05, 4.69) is 0 Å². The van der Waals surface area contributed by atoms with Crippen LogP contribution >= 0.6 is 11.3 Å². The lowest BCUT2D eigenvalue weighted by Crippen LogP contribution is -2.36. The van der Waals surface area contributed by atoms with Gasteiger partial charge in [0.25, 0.3) is 11.7 Å². The molecule has 3 atom stereocenters. The summed E-state index contributed by atoms with van der Waals surface area (Å²) < 4.78 is 11.4. The van der Waals surface area contributed by atoms with Crippen LogP contribution in [-0.2, 0) is 20.7 Å². The monoisotopic (exact) mass is 425 g/mol. The molecule has 4 heterocycles. The molecule has 0 saturated carbocycles. The molecule has 2 fully saturated rings. The van der Waals surface area contributed by atoms with Gasteiger partial charge in [0.15, 0.2) is 0 Å². The normalized spacial score (nSPS) is 27.5. The Balaban J connectivity index is 1.57. The van der Waals surface area contributed by atoms with Crippen LogP contribution < -0.4 is 4.74 Å². The lowest BCUT2D eigenvalue weighted by atomic mass is 9.98. The molecule has 2 aromatic rings. The summed E-state index contributed by atoms with van der Waals surface area (Å²) in [7, 11) is 0. The van der Waals surface area contributed by atoms with Gasteiger partial charge in [-0.3, -0.25) is 9.59 Å². The second-order valence-corrected chi connectivity index (χ2v) is 9.04. The van der Waals surface area contributed by atoms with Crippen LogP contribution in [0.5, 0.6) is 5.75 Å². The molecule has 1 amide bonds. The number of Topliss-reactive ketones (excluding diaryl/α,β-unsaturated/α-hetero) is 1. The van der Waals surface area contributed by atoms with Crippen molar-refractivity contribution in [1.29, 1.82) is 0 Å². The Morgan fingerprint density at radius 2 is 2.17 bits per heavy atom. The number of likely N-dealkylation sites (tertiary alicyclic amines) is 1. The molecule has 3 aliphatic heterocycles. The molecule has 0 spiro atoms. The predicted octanol–water partition coefficient (Wildman–Crippen LogP) is 3.67. The number of aliphatic hydroxyl groups excluding tert-OH is 1. The number of thiophene rings is 1. The summed E-state index contributed by atoms with van der Waals surface area (Å²) in [5.41, 5.74) is 1.67. The molecule has 0 bridgehead atoms. The molecule has 156 valence electrons. The third kappa shape index (κ3) is 3.22. The number of nitrogens with zero attached hydrogens (tertiary/aromatic N) is 1. The van der Waals surface area contributed by atoms with Gasteiger partial charge in [-0.2, -0.15) is 0 Å². The van der Waals surface area contributed by atoms with Gasteiger partial charge in [0.2, 0.25) is 0 Å². The van der Waals surface area contributed by atoms with Gasteiger partial charge in [-0.1, -0.05) is 6.07 Å². The van der Waals surface area contributed by atoms with Crippen LogP contribution in [0.4, 0.5) is 0 Å². The maximum Gasteiger partial charge on any atom is 0.295 e. The average Bonchev–Trinajstić information content (AvgIpc) is 3.51. The van der Waals surface area contributed by atoms with Gasteiger partial charge in [0.05, 0.1) is 17.7 Å². The number of carbonyl (C=O) groups excluding carboxylic acids is 2. The van der Waals surface area contributed by atoms with Crippen LogP contribution in [0.15, 0.2) is 41.3 Å². The van der Waals surface area contributed by atoms with Gasteiger partial charge in [-0.15, -0.1) is 11.3 Å². The number of ether oxygens (including phenoxy) is 2. The van der Waals surface area contributed by atoms with E-state index in [4.69, 9.17) is 9.47 Å². The zero-order valence-corrected chi connectivity index (χ0v) is 17.5. The van der Waals surface area contributed by atoms with Crippen molar-refractivity contribution in [2.24, 2.45) is 0 Å². The Morgan fingerprint density at radius 3 is 2.90 bits per heavy atom. The van der Waals surface area contributed by atoms with E-state index in [1.807, 2.05) is 36.6 Å². The standard InChI is InChI=1S/C23H23NO5S/c1-13-10-15-11-14(6-7-17(15)29-13)21(25)19-20(18-5-3-9-30-18)24(23(27)22(19)26)12-16-4-2-8-28-16/h3,5-7,9,11,13,16,20,25H,2,4,8,10,12H2,1H3/t13-,16-,20+/m1/s1. The molecule has 1 aromatic carbocycles. The van der Waals surface area contributed by atoms with Gasteiger partial charge in [-0.05, 0) is 55.0 Å². The summed E-state index contributed by atoms with van der Waals surface area (Å²) in [5, 5.41) is 13.1. The number of carbonyl (C=O) groups is 2. The highest BCUT2D eigenvalue weighted by Crippen LogP contribution is 2.42. The van der Waals surface area contributed by atoms with E-state index in [1.54, 1.807) is 11.0 Å². The molecule has 0 unspecified atom stereocenters. The molecule has 2 saturated heterocycles. The SMILES string of the molecule is C[C@@H]1Cc2cc(C(O)=C3C(=O)C(=O)N(C[C@H]4CCCO4)[C@H]3c3cccs3)ccc2O1. The minimum Gasteiger partial charge on any atom is -0.507 e. The minimum absolute atomic E-state index is 0.0793. The van der Waals surface area contributed by atoms with E-state index in [0.29, 0.717) is 18.7 Å². The first-order chi connectivity index (χ1) is 14.5. The number of rotatable bonds is 4. The Kier molecular flexibility index (Phi) is 4.87. The number of aliphatic hydroxyl groups is 1. The summed E-state index contributed by atoms with van der Waals surface area (Å²) >= 11 is 1.47. The number of hydrogen-bond acceptors (Lipinski definition) is 6. The highest BCUT2D eigenvalue weighted by molar-refractivity contribution is 7.10. The fourth-order valence-corrected chi connectivity index (χ4v) is 5.39. The van der Waals surface area contributed by atoms with Crippen LogP contribution in [-0.4, -0.2) is 47.1 Å². The second kappa shape index (κ2) is 7.56. The smallest absolute Gasteiger partial charge is 0.295 e. The van der Waals surface area contributed by atoms with E-state index in [9.17, 15) is 14.7 Å². The molecule has 0 radical (unpaired) electrons. The van der Waals surface area contributed by atoms with Crippen molar-refractivity contribution < 1.29 is 24.2 Å². The molecule has 5 rings (SSSR count). The van der Waals surface area contributed by atoms with Crippen molar-refractivity contribution in [2.75, 3.05) is 13.2 Å². The Hall–Kier alpha value is -2.64. The zero-order valence-electron chi connectivity index (χ0n) is 16.7. The van der Waals surface area contributed by atoms with Crippen LogP contribution in [0.1, 0.15) is 41.8 Å². The van der Waals surface area contributed by atoms with Gasteiger partial charge in [0.1, 0.15) is 17.6 Å². The van der Waals surface area contributed by atoms with Gasteiger partial charge in [0, 0.05) is 30.0 Å². The molecule has 3 aliphatic rings. The Bertz CT molecular complexity index is 1020. The van der Waals surface area contributed by atoms with Crippen molar-refractivity contribution >= 4 is 28.8 Å². The van der Waals surface area contributed by atoms with Crippen molar-refractivity contribution in [3.05, 3.63) is 57.3 Å². The third-order valence-electron chi connectivity index (χ3n) is 5.95. The van der Waals surface area contributed by atoms with E-state index >= 15 is 0 Å². The van der Waals surface area contributed by atoms with Crippen molar-refractivity contribution in [3.8, 4) is 5.75 Å². The molecule has 30 heavy (non-hydrogen) atoms. The molecular weight excluding hydrogens is 402 g/mol. The Labute approximate surface area is 178 Å². The van der Waals surface area contributed by atoms with Crippen molar-refractivity contribution in [3.63, 3.8) is 0 Å². The molecule has 1 aromatic heterocycles. The number of fused-ring (bicyclic) bond motifs is 1. The first kappa shape index (κ1) is 19.3. The Morgan fingerprint density at radius 1 is 1.30 bits per heavy atom. The summed E-state index contributed by atoms with van der Waals surface area (Å²) in [6, 6.07) is 8.60. The fourth-order valence-electron chi connectivity index (χ4n) is 4.54. The van der Waals surface area contributed by atoms with E-state index in [-0.39, 0.29) is 23.5 Å². The minimum atomic E-state index is -0.644. The quantitative estimate of drug-likeness (QED) is 0.460. The number of amides is 1. The highest BCUT2D eigenvalue weighted by Gasteiger charge is 2.47. The summed E-state index contributed by atoms with van der Waals surface area (Å²) in [5.74, 6) is -0.561. The maximum atomic E-state index is 13.0. The lowest BCUT2D eigenvalue weighted by molar-refractivity contribution is -0.140. The van der Waals surface area contributed by atoms with Gasteiger partial charge >= 0.3 is 0 Å². The van der Waals surface area contributed by atoms with Crippen LogP contribution in [0.3, 0.4) is 0 Å². The van der Waals surface area contributed by atoms with Crippen LogP contribution in [0.25, 0.3) is 5.76 Å². The summed E-state index contributed by atoms with van der Waals surface area (Å²) in [6.45, 7) is 3.01. The number of hydrogen-bond donors (Lipinski definition) is 1. The number of ketones is 1. The average molecular weight is 426 g/mol. The van der Waals surface area contributed by atoms with Crippen LogP contribution in [0.2, 0.25) is 0 Å². The molecular formula is C23H23NO5S. The zero-order chi connectivity index (χ0) is 20.8. The number of benzene rings is 1. The summed E-state index contributed by atoms with van der Waals surface area (Å²) in [6.07, 6.45) is 2.57. The second-order valence-electron chi connectivity index (χ2n) is 8.06. The van der Waals surface area contributed by atoms with E-state index < -0.39 is 17.7 Å². The predicted molar refractivity (Wildman–Crippen MR) is 113 cm³/mol. The van der Waals surface area contributed by atoms with Gasteiger partial charge in [-0.25, -0.2) is 0 Å². The third-order valence-corrected chi connectivity index (χ3v) is 6.87. The topological polar surface area (TPSA) is 76.1 Å². The first-order valence-electron chi connectivity index (χ1n) is 10.3. The lowest BCUT2D eigenvalue weighted by Gasteiger charge is -2.26. The molecule has 6 nitrogen and oxygen atoms in total. The van der Waals surface area contributed by atoms with E-state index in [1.165, 1.54) is 11.3 Å². The molecule has 7 heteroatoms. The van der Waals surface area contributed by atoms with Gasteiger partial charge < -0.3 is 19.5 Å². The maximum absolute atomic E-state index is 13.0. The summed E-state index contributed by atoms with van der Waals surface area (Å²) in [4.78, 5) is 28.4. The largest absolute Gasteiger partial charge is 0.507 e. The molecule has 1 N–H and O–H groups in total. The van der Waals surface area contributed by atoms with Crippen molar-refractivity contribution in [1.82, 2.24) is 4.90 Å². The molecule has 0 aliphatic carbocycles. The van der Waals surface area contributed by atoms with Crippen molar-refractivity contribution in [2.45, 2.75) is 44.4 Å².